The van der Waals surface area contributed by atoms with Crippen molar-refractivity contribution in [3.05, 3.63) is 33.9 Å². The monoisotopic (exact) mass is 247 g/mol. The minimum absolute atomic E-state index is 0. The predicted octanol–water partition coefficient (Wildman–Crippen LogP) is 1.69. The van der Waals surface area contributed by atoms with Crippen molar-refractivity contribution < 1.29 is 29.2 Å². The average molecular weight is 249 g/mol. The Morgan fingerprint density at radius 2 is 2.08 bits per heavy atom. The zero-order valence-corrected chi connectivity index (χ0v) is 10.5. The Bertz CT molecular complexity index is 343. The fourth-order valence-corrected chi connectivity index (χ4v) is 0.981. The third kappa shape index (κ3) is 2.90. The molecule has 6 heteroatoms. The molecule has 0 aliphatic carbocycles. The third-order valence-electron chi connectivity index (χ3n) is 1.33. The van der Waals surface area contributed by atoms with Crippen molar-refractivity contribution in [3.8, 4) is 0 Å². The number of rotatable bonds is 2. The van der Waals surface area contributed by atoms with Crippen molar-refractivity contribution in [3.63, 3.8) is 0 Å². The molecule has 1 rings (SSSR count). The van der Waals surface area contributed by atoms with E-state index in [1.807, 2.05) is 0 Å². The first kappa shape index (κ1) is 12.3. The number of thiol groups is 1. The molecule has 1 aromatic carbocycles. The van der Waals surface area contributed by atoms with Crippen LogP contribution >= 0.6 is 12.6 Å². The first-order valence-electron chi connectivity index (χ1n) is 3.07. The number of hydrogen-bond donors (Lipinski definition) is 1. The molecule has 0 unspecified atom stereocenters. The first-order valence-corrected chi connectivity index (χ1v) is 3.52. The summed E-state index contributed by atoms with van der Waals surface area (Å²) in [6.45, 7) is 0. The van der Waals surface area contributed by atoms with Crippen molar-refractivity contribution >= 4 is 24.6 Å². The summed E-state index contributed by atoms with van der Waals surface area (Å²) in [4.78, 5) is 20.3. The molecule has 0 saturated heterocycles. The SMILES string of the molecule is O=Cc1ccc(S)c([N+](=O)[O-])c1.[Zn]. The summed E-state index contributed by atoms with van der Waals surface area (Å²) in [6, 6.07) is 4.09. The molecule has 0 aliphatic rings. The van der Waals surface area contributed by atoms with E-state index in [2.05, 4.69) is 12.6 Å². The minimum atomic E-state index is -0.574. The van der Waals surface area contributed by atoms with Crippen molar-refractivity contribution in [2.75, 3.05) is 0 Å². The first-order chi connectivity index (χ1) is 5.65. The van der Waals surface area contributed by atoms with Gasteiger partial charge in [0.25, 0.3) is 5.69 Å². The summed E-state index contributed by atoms with van der Waals surface area (Å²) in [6.07, 6.45) is 0.556. The van der Waals surface area contributed by atoms with Gasteiger partial charge in [0.1, 0.15) is 6.29 Å². The molecule has 0 spiro atoms. The van der Waals surface area contributed by atoms with Gasteiger partial charge in [-0.1, -0.05) is 6.07 Å². The van der Waals surface area contributed by atoms with E-state index in [4.69, 9.17) is 0 Å². The zero-order valence-electron chi connectivity index (χ0n) is 6.64. The maximum Gasteiger partial charge on any atom is 0.283 e. The van der Waals surface area contributed by atoms with E-state index in [1.165, 1.54) is 18.2 Å². The number of nitro groups is 1. The second-order valence-electron chi connectivity index (χ2n) is 2.12. The maximum atomic E-state index is 10.3. The zero-order chi connectivity index (χ0) is 9.14. The molecule has 1 aromatic rings. The molecule has 0 atom stereocenters. The molecule has 0 bridgehead atoms. The van der Waals surface area contributed by atoms with Gasteiger partial charge in [-0.05, 0) is 6.07 Å². The Kier molecular flexibility index (Phi) is 4.80. The molecule has 4 nitrogen and oxygen atoms in total. The Balaban J connectivity index is 0.00000144. The quantitative estimate of drug-likeness (QED) is 0.285. The smallest absolute Gasteiger partial charge is 0.283 e. The predicted molar refractivity (Wildman–Crippen MR) is 45.7 cm³/mol. The van der Waals surface area contributed by atoms with E-state index < -0.39 is 4.92 Å². The van der Waals surface area contributed by atoms with Crippen LogP contribution in [-0.4, -0.2) is 11.2 Å². The molecule has 13 heavy (non-hydrogen) atoms. The van der Waals surface area contributed by atoms with Gasteiger partial charge in [-0.25, -0.2) is 0 Å². The van der Waals surface area contributed by atoms with Gasteiger partial charge in [-0.2, -0.15) is 0 Å². The van der Waals surface area contributed by atoms with Crippen LogP contribution in [0.15, 0.2) is 23.1 Å². The fraction of sp³-hybridized carbons (Fsp3) is 0. The number of aldehydes is 1. The van der Waals surface area contributed by atoms with Crippen LogP contribution in [0, 0.1) is 10.1 Å². The second kappa shape index (κ2) is 5.09. The molecule has 0 radical (unpaired) electrons. The normalized spacial score (nSPS) is 8.69. The summed E-state index contributed by atoms with van der Waals surface area (Å²) in [7, 11) is 0. The molecule has 0 N–H and O–H groups in total. The summed E-state index contributed by atoms with van der Waals surface area (Å²) >= 11 is 3.87. The van der Waals surface area contributed by atoms with Crippen LogP contribution in [0.25, 0.3) is 0 Å². The van der Waals surface area contributed by atoms with Crippen molar-refractivity contribution in [2.24, 2.45) is 0 Å². The van der Waals surface area contributed by atoms with Crippen LogP contribution in [0.2, 0.25) is 0 Å². The Morgan fingerprint density at radius 3 is 2.54 bits per heavy atom. The van der Waals surface area contributed by atoms with Crippen LogP contribution in [0.5, 0.6) is 0 Å². The van der Waals surface area contributed by atoms with Gasteiger partial charge in [-0.3, -0.25) is 14.9 Å². The Labute approximate surface area is 92.6 Å². The standard InChI is InChI=1S/C7H5NO3S.Zn/c9-4-5-1-2-7(12)6(3-5)8(10)11;/h1-4,12H;. The molecule has 0 saturated carbocycles. The van der Waals surface area contributed by atoms with Crippen LogP contribution in [0.1, 0.15) is 10.4 Å². The van der Waals surface area contributed by atoms with Crippen LogP contribution < -0.4 is 0 Å². The van der Waals surface area contributed by atoms with Gasteiger partial charge in [0.05, 0.1) is 9.82 Å². The molecule has 0 amide bonds. The van der Waals surface area contributed by atoms with Crippen LogP contribution in [-0.2, 0) is 19.5 Å². The summed E-state index contributed by atoms with van der Waals surface area (Å²) in [5.41, 5.74) is 0.127. The van der Waals surface area contributed by atoms with E-state index in [1.54, 1.807) is 0 Å². The van der Waals surface area contributed by atoms with Gasteiger partial charge < -0.3 is 0 Å². The topological polar surface area (TPSA) is 60.2 Å². The van der Waals surface area contributed by atoms with Gasteiger partial charge in [0.15, 0.2) is 0 Å². The number of carbonyl (C=O) groups excluding carboxylic acids is 1. The third-order valence-corrected chi connectivity index (χ3v) is 1.71. The minimum Gasteiger partial charge on any atom is -0.298 e. The Hall–Kier alpha value is -0.737. The van der Waals surface area contributed by atoms with E-state index in [0.29, 0.717) is 6.29 Å². The number of carbonyl (C=O) groups is 1. The van der Waals surface area contributed by atoms with E-state index in [0.717, 1.165) is 0 Å². The van der Waals surface area contributed by atoms with Crippen LogP contribution in [0.3, 0.4) is 0 Å². The van der Waals surface area contributed by atoms with Crippen molar-refractivity contribution in [1.29, 1.82) is 0 Å². The number of nitro benzene ring substituents is 1. The molecule has 0 aromatic heterocycles. The second-order valence-corrected chi connectivity index (χ2v) is 2.60. The average Bonchev–Trinajstić information content (AvgIpc) is 2.05. The summed E-state index contributed by atoms with van der Waals surface area (Å²) in [5, 5.41) is 10.3. The van der Waals surface area contributed by atoms with Gasteiger partial charge in [-0.15, -0.1) is 12.6 Å². The van der Waals surface area contributed by atoms with E-state index in [-0.39, 0.29) is 35.6 Å². The van der Waals surface area contributed by atoms with Crippen molar-refractivity contribution in [2.45, 2.75) is 4.90 Å². The summed E-state index contributed by atoms with van der Waals surface area (Å²) < 4.78 is 0. The van der Waals surface area contributed by atoms with E-state index >= 15 is 0 Å². The number of benzene rings is 1. The van der Waals surface area contributed by atoms with Gasteiger partial charge in [0.2, 0.25) is 0 Å². The van der Waals surface area contributed by atoms with Crippen molar-refractivity contribution in [1.82, 2.24) is 0 Å². The summed E-state index contributed by atoms with van der Waals surface area (Å²) in [5.74, 6) is 0. The molecule has 64 valence electrons. The molecule has 0 heterocycles. The maximum absolute atomic E-state index is 10.3. The number of hydrogen-bond acceptors (Lipinski definition) is 4. The molecule has 0 fully saturated rings. The molecule has 0 aliphatic heterocycles. The fourth-order valence-electron chi connectivity index (χ4n) is 0.760. The van der Waals surface area contributed by atoms with E-state index in [9.17, 15) is 14.9 Å². The van der Waals surface area contributed by atoms with Gasteiger partial charge in [0, 0.05) is 31.1 Å². The number of nitrogens with zero attached hydrogens (tertiary/aromatic N) is 1. The van der Waals surface area contributed by atoms with Crippen LogP contribution in [0.4, 0.5) is 5.69 Å². The Morgan fingerprint density at radius 1 is 1.46 bits per heavy atom. The van der Waals surface area contributed by atoms with Gasteiger partial charge >= 0.3 is 0 Å². The molecular weight excluding hydrogens is 244 g/mol. The largest absolute Gasteiger partial charge is 0.298 e. The molecular formula is C7H5NO3SZn.